The molecule has 0 aliphatic heterocycles. The molecule has 2 heterocycles. The van der Waals surface area contributed by atoms with E-state index >= 15 is 0 Å². The summed E-state index contributed by atoms with van der Waals surface area (Å²) in [5.74, 6) is 0.508. The van der Waals surface area contributed by atoms with Crippen LogP contribution in [0.15, 0.2) is 24.5 Å². The van der Waals surface area contributed by atoms with Crippen LogP contribution in [0.4, 0.5) is 5.00 Å². The first-order chi connectivity index (χ1) is 8.70. The van der Waals surface area contributed by atoms with Gasteiger partial charge in [0.15, 0.2) is 7.85 Å². The van der Waals surface area contributed by atoms with Gasteiger partial charge in [-0.1, -0.05) is 11.3 Å². The highest BCUT2D eigenvalue weighted by molar-refractivity contribution is 7.80. The molecule has 0 radical (unpaired) electrons. The number of carbonyl (C=O) groups is 1. The van der Waals surface area contributed by atoms with Crippen LogP contribution >= 0.6 is 24.0 Å². The molecule has 0 spiro atoms. The normalized spacial score (nSPS) is 10.3. The van der Waals surface area contributed by atoms with Crippen molar-refractivity contribution in [2.75, 3.05) is 11.1 Å². The van der Waals surface area contributed by atoms with Crippen molar-refractivity contribution >= 4 is 48.3 Å². The van der Waals surface area contributed by atoms with E-state index in [-0.39, 0.29) is 5.91 Å². The Morgan fingerprint density at radius 1 is 1.56 bits per heavy atom. The number of thiazole rings is 1. The molecule has 0 aliphatic rings. The Labute approximate surface area is 116 Å². The standard InChI is InChI=1S/C11H12BN3OS2/c12-9-11(14-8(16)3-5-17)18-10(15-9)7-2-1-4-13-6-7/h1-2,4,6,17H,3,5,12H2,(H,14,16). The summed E-state index contributed by atoms with van der Waals surface area (Å²) in [6, 6.07) is 3.82. The molecule has 0 saturated carbocycles. The van der Waals surface area contributed by atoms with Gasteiger partial charge in [-0.15, -0.1) is 0 Å². The maximum absolute atomic E-state index is 11.5. The maximum atomic E-state index is 11.5. The van der Waals surface area contributed by atoms with Crippen LogP contribution in [-0.4, -0.2) is 29.5 Å². The number of aromatic nitrogens is 2. The number of pyridine rings is 1. The molecule has 0 aromatic carbocycles. The van der Waals surface area contributed by atoms with Crippen molar-refractivity contribution in [3.8, 4) is 10.6 Å². The summed E-state index contributed by atoms with van der Waals surface area (Å²) in [6.45, 7) is 0. The van der Waals surface area contributed by atoms with Crippen molar-refractivity contribution in [2.24, 2.45) is 0 Å². The Morgan fingerprint density at radius 2 is 2.39 bits per heavy atom. The van der Waals surface area contributed by atoms with Gasteiger partial charge >= 0.3 is 0 Å². The molecular weight excluding hydrogens is 265 g/mol. The Bertz CT molecular complexity index is 544. The van der Waals surface area contributed by atoms with Crippen LogP contribution < -0.4 is 10.9 Å². The van der Waals surface area contributed by atoms with Gasteiger partial charge < -0.3 is 5.32 Å². The second kappa shape index (κ2) is 6.02. The van der Waals surface area contributed by atoms with Gasteiger partial charge in [-0.25, -0.2) is 4.98 Å². The van der Waals surface area contributed by atoms with Crippen LogP contribution in [-0.2, 0) is 4.79 Å². The Morgan fingerprint density at radius 3 is 3.06 bits per heavy atom. The van der Waals surface area contributed by atoms with Crippen molar-refractivity contribution in [1.82, 2.24) is 9.97 Å². The molecule has 0 saturated heterocycles. The number of carbonyl (C=O) groups excluding carboxylic acids is 1. The van der Waals surface area contributed by atoms with Gasteiger partial charge in [0.25, 0.3) is 0 Å². The summed E-state index contributed by atoms with van der Waals surface area (Å²) >= 11 is 5.49. The van der Waals surface area contributed by atoms with Crippen molar-refractivity contribution in [3.63, 3.8) is 0 Å². The molecule has 2 aromatic heterocycles. The molecule has 0 unspecified atom stereocenters. The van der Waals surface area contributed by atoms with Crippen LogP contribution in [0.5, 0.6) is 0 Å². The lowest BCUT2D eigenvalue weighted by Crippen LogP contribution is -2.17. The van der Waals surface area contributed by atoms with Gasteiger partial charge in [-0.2, -0.15) is 12.6 Å². The lowest BCUT2D eigenvalue weighted by atomic mass is 10.1. The molecule has 18 heavy (non-hydrogen) atoms. The number of hydrogen-bond donors (Lipinski definition) is 2. The second-order valence-corrected chi connectivity index (χ2v) is 5.14. The number of nitrogens with one attached hydrogen (secondary N) is 1. The van der Waals surface area contributed by atoms with Crippen LogP contribution in [0.25, 0.3) is 10.6 Å². The zero-order chi connectivity index (χ0) is 13.0. The van der Waals surface area contributed by atoms with E-state index in [0.29, 0.717) is 12.2 Å². The first-order valence-corrected chi connectivity index (χ1v) is 6.94. The maximum Gasteiger partial charge on any atom is 0.225 e. The number of nitrogens with zero attached hydrogens (tertiary/aromatic N) is 2. The van der Waals surface area contributed by atoms with Gasteiger partial charge in [0.05, 0.1) is 0 Å². The van der Waals surface area contributed by atoms with Gasteiger partial charge in [-0.05, 0) is 17.9 Å². The van der Waals surface area contributed by atoms with E-state index in [1.165, 1.54) is 11.3 Å². The number of anilines is 1. The lowest BCUT2D eigenvalue weighted by Gasteiger charge is -2.00. The van der Waals surface area contributed by atoms with E-state index in [0.717, 1.165) is 21.2 Å². The monoisotopic (exact) mass is 277 g/mol. The average molecular weight is 277 g/mol. The van der Waals surface area contributed by atoms with Gasteiger partial charge in [0, 0.05) is 30.0 Å². The van der Waals surface area contributed by atoms with Crippen molar-refractivity contribution in [3.05, 3.63) is 24.5 Å². The molecule has 0 atom stereocenters. The molecule has 92 valence electrons. The molecule has 0 fully saturated rings. The van der Waals surface area contributed by atoms with Crippen molar-refractivity contribution < 1.29 is 4.79 Å². The van der Waals surface area contributed by atoms with Crippen molar-refractivity contribution in [2.45, 2.75) is 6.42 Å². The first-order valence-electron chi connectivity index (χ1n) is 5.49. The van der Waals surface area contributed by atoms with Crippen LogP contribution in [0, 0.1) is 0 Å². The van der Waals surface area contributed by atoms with Crippen LogP contribution in [0.1, 0.15) is 6.42 Å². The molecule has 1 N–H and O–H groups in total. The van der Waals surface area contributed by atoms with E-state index in [2.05, 4.69) is 27.9 Å². The zero-order valence-electron chi connectivity index (χ0n) is 9.88. The van der Waals surface area contributed by atoms with Crippen LogP contribution in [0.3, 0.4) is 0 Å². The zero-order valence-corrected chi connectivity index (χ0v) is 11.6. The third kappa shape index (κ3) is 3.11. The number of amides is 1. The third-order valence-electron chi connectivity index (χ3n) is 2.30. The minimum atomic E-state index is -0.0329. The molecule has 2 aromatic rings. The molecule has 0 bridgehead atoms. The first kappa shape index (κ1) is 13.1. The number of thiol groups is 1. The SMILES string of the molecule is Bc1nc(-c2cccnc2)sc1NC(=O)CCS. The van der Waals surface area contributed by atoms with E-state index in [1.807, 2.05) is 20.0 Å². The summed E-state index contributed by atoms with van der Waals surface area (Å²) in [4.78, 5) is 20.0. The van der Waals surface area contributed by atoms with Gasteiger partial charge in [-0.3, -0.25) is 9.78 Å². The summed E-state index contributed by atoms with van der Waals surface area (Å²) in [5.41, 5.74) is 1.78. The van der Waals surface area contributed by atoms with Gasteiger partial charge in [0.1, 0.15) is 10.0 Å². The second-order valence-electron chi connectivity index (χ2n) is 3.70. The quantitative estimate of drug-likeness (QED) is 0.639. The predicted molar refractivity (Wildman–Crippen MR) is 80.6 cm³/mol. The van der Waals surface area contributed by atoms with E-state index < -0.39 is 0 Å². The highest BCUT2D eigenvalue weighted by atomic mass is 32.1. The summed E-state index contributed by atoms with van der Waals surface area (Å²) < 4.78 is 0. The number of hydrogen-bond acceptors (Lipinski definition) is 5. The average Bonchev–Trinajstić information content (AvgIpc) is 2.72. The molecule has 0 aliphatic carbocycles. The summed E-state index contributed by atoms with van der Waals surface area (Å²) in [5, 5.41) is 4.50. The summed E-state index contributed by atoms with van der Waals surface area (Å²) in [6.07, 6.45) is 3.89. The van der Waals surface area contributed by atoms with Gasteiger partial charge in [0.2, 0.25) is 5.91 Å². The minimum Gasteiger partial charge on any atom is -0.317 e. The fourth-order valence-electron chi connectivity index (χ4n) is 1.42. The fourth-order valence-corrected chi connectivity index (χ4v) is 2.59. The fraction of sp³-hybridized carbons (Fsp3) is 0.182. The smallest absolute Gasteiger partial charge is 0.225 e. The van der Waals surface area contributed by atoms with E-state index in [1.54, 1.807) is 12.4 Å². The molecular formula is C11H12BN3OS2. The molecule has 4 nitrogen and oxygen atoms in total. The van der Waals surface area contributed by atoms with Crippen LogP contribution in [0.2, 0.25) is 0 Å². The Balaban J connectivity index is 2.20. The highest BCUT2D eigenvalue weighted by Gasteiger charge is 2.11. The topological polar surface area (TPSA) is 54.9 Å². The van der Waals surface area contributed by atoms with E-state index in [9.17, 15) is 4.79 Å². The molecule has 2 rings (SSSR count). The predicted octanol–water partition coefficient (Wildman–Crippen LogP) is 0.722. The Kier molecular flexibility index (Phi) is 4.38. The molecule has 1 amide bonds. The third-order valence-corrected chi connectivity index (χ3v) is 3.64. The minimum absolute atomic E-state index is 0.0329. The molecule has 7 heteroatoms. The van der Waals surface area contributed by atoms with E-state index in [4.69, 9.17) is 0 Å². The largest absolute Gasteiger partial charge is 0.317 e. The highest BCUT2D eigenvalue weighted by Crippen LogP contribution is 2.25. The lowest BCUT2D eigenvalue weighted by molar-refractivity contribution is -0.115. The van der Waals surface area contributed by atoms with Crippen molar-refractivity contribution in [1.29, 1.82) is 0 Å². The summed E-state index contributed by atoms with van der Waals surface area (Å²) in [7, 11) is 1.88. The number of rotatable bonds is 4. The Hall–Kier alpha value is -1.34.